The lowest BCUT2D eigenvalue weighted by Gasteiger charge is -2.29. The minimum absolute atomic E-state index is 0.344. The van der Waals surface area contributed by atoms with Crippen LogP contribution in [-0.2, 0) is 4.74 Å². The number of rotatable bonds is 2. The Balaban J connectivity index is 2.03. The Morgan fingerprint density at radius 1 is 1.32 bits per heavy atom. The molecule has 22 heavy (non-hydrogen) atoms. The summed E-state index contributed by atoms with van der Waals surface area (Å²) in [5, 5.41) is 15.6. The molecular formula is C16H17N5O. The number of allylic oxidation sites excluding steroid dienone is 1. The van der Waals surface area contributed by atoms with Crippen LogP contribution in [0, 0.1) is 11.3 Å². The van der Waals surface area contributed by atoms with Gasteiger partial charge in [0, 0.05) is 25.4 Å². The molecular weight excluding hydrogens is 278 g/mol. The van der Waals surface area contributed by atoms with Gasteiger partial charge < -0.3 is 15.4 Å². The van der Waals surface area contributed by atoms with Gasteiger partial charge in [-0.3, -0.25) is 0 Å². The van der Waals surface area contributed by atoms with Crippen LogP contribution >= 0.6 is 0 Å². The maximum absolute atomic E-state index is 9.42. The van der Waals surface area contributed by atoms with E-state index in [9.17, 15) is 5.26 Å². The summed E-state index contributed by atoms with van der Waals surface area (Å²) in [6, 6.07) is 10.0. The molecule has 2 aliphatic heterocycles. The van der Waals surface area contributed by atoms with E-state index in [1.165, 1.54) is 0 Å². The van der Waals surface area contributed by atoms with Gasteiger partial charge in [-0.2, -0.15) is 10.4 Å². The first-order chi connectivity index (χ1) is 10.6. The monoisotopic (exact) mass is 295 g/mol. The Hall–Kier alpha value is -2.78. The number of hydrogen-bond donors (Lipinski definition) is 1. The zero-order valence-corrected chi connectivity index (χ0v) is 12.6. The molecule has 1 aromatic rings. The highest BCUT2D eigenvalue weighted by Crippen LogP contribution is 2.29. The number of ether oxygens (including phenoxy) is 1. The summed E-state index contributed by atoms with van der Waals surface area (Å²) in [5.74, 6) is 0.344. The summed E-state index contributed by atoms with van der Waals surface area (Å²) in [5.41, 5.74) is 10.0. The largest absolute Gasteiger partial charge is 0.383 e. The number of fused-ring (bicyclic) bond motifs is 1. The molecule has 0 spiro atoms. The average molecular weight is 295 g/mol. The van der Waals surface area contributed by atoms with Crippen molar-refractivity contribution in [1.82, 2.24) is 0 Å². The van der Waals surface area contributed by atoms with Crippen molar-refractivity contribution in [2.24, 2.45) is 10.8 Å². The van der Waals surface area contributed by atoms with Crippen molar-refractivity contribution in [1.29, 1.82) is 5.26 Å². The quantitative estimate of drug-likeness (QED) is 0.896. The molecule has 6 heteroatoms. The lowest BCUT2D eigenvalue weighted by molar-refractivity contribution is 0.199. The molecule has 0 radical (unpaired) electrons. The van der Waals surface area contributed by atoms with E-state index in [2.05, 4.69) is 11.2 Å². The zero-order valence-electron chi connectivity index (χ0n) is 12.6. The zero-order chi connectivity index (χ0) is 15.7. The highest BCUT2D eigenvalue weighted by atomic mass is 16.5. The first kappa shape index (κ1) is 14.2. The van der Waals surface area contributed by atoms with Gasteiger partial charge in [0.05, 0.1) is 24.6 Å². The fourth-order valence-corrected chi connectivity index (χ4v) is 2.45. The van der Waals surface area contributed by atoms with Gasteiger partial charge in [0.15, 0.2) is 0 Å². The normalized spacial score (nSPS) is 17.4. The molecule has 112 valence electrons. The minimum atomic E-state index is 0.344. The molecule has 0 fully saturated rings. The van der Waals surface area contributed by atoms with E-state index in [0.29, 0.717) is 24.6 Å². The lowest BCUT2D eigenvalue weighted by Crippen LogP contribution is -2.34. The van der Waals surface area contributed by atoms with Crippen molar-refractivity contribution < 1.29 is 4.74 Å². The van der Waals surface area contributed by atoms with Crippen molar-refractivity contribution in [2.45, 2.75) is 0 Å². The topological polar surface area (TPSA) is 77.9 Å². The highest BCUT2D eigenvalue weighted by molar-refractivity contribution is 6.08. The fraction of sp³-hybridized carbons (Fsp3) is 0.250. The van der Waals surface area contributed by atoms with Crippen molar-refractivity contribution in [2.75, 3.05) is 37.2 Å². The van der Waals surface area contributed by atoms with E-state index in [1.807, 2.05) is 49.3 Å². The first-order valence-corrected chi connectivity index (χ1v) is 6.95. The Labute approximate surface area is 129 Å². The Kier molecular flexibility index (Phi) is 3.57. The Bertz CT molecular complexity index is 722. The van der Waals surface area contributed by atoms with E-state index in [0.717, 1.165) is 22.7 Å². The van der Waals surface area contributed by atoms with Crippen molar-refractivity contribution in [3.63, 3.8) is 0 Å². The Morgan fingerprint density at radius 3 is 2.68 bits per heavy atom. The number of benzene rings is 1. The van der Waals surface area contributed by atoms with E-state index in [1.54, 1.807) is 5.01 Å². The van der Waals surface area contributed by atoms with Crippen molar-refractivity contribution in [3.8, 4) is 6.07 Å². The highest BCUT2D eigenvalue weighted by Gasteiger charge is 2.27. The minimum Gasteiger partial charge on any atom is -0.383 e. The van der Waals surface area contributed by atoms with Crippen LogP contribution in [0.3, 0.4) is 0 Å². The number of hydrogen-bond acceptors (Lipinski definition) is 6. The van der Waals surface area contributed by atoms with Gasteiger partial charge in [-0.05, 0) is 30.3 Å². The van der Waals surface area contributed by atoms with Crippen LogP contribution in [0.4, 0.5) is 11.4 Å². The molecule has 2 aliphatic rings. The maximum atomic E-state index is 9.42. The molecule has 6 nitrogen and oxygen atoms in total. The molecule has 1 aromatic carbocycles. The number of hydrazone groups is 1. The van der Waals surface area contributed by atoms with Crippen LogP contribution in [-0.4, -0.2) is 33.0 Å². The van der Waals surface area contributed by atoms with Crippen LogP contribution < -0.4 is 15.6 Å². The van der Waals surface area contributed by atoms with Crippen molar-refractivity contribution in [3.05, 3.63) is 47.3 Å². The molecule has 3 rings (SSSR count). The average Bonchev–Trinajstić information content (AvgIpc) is 2.54. The third-order valence-corrected chi connectivity index (χ3v) is 3.65. The summed E-state index contributed by atoms with van der Waals surface area (Å²) in [6.07, 6.45) is 1.85. The summed E-state index contributed by atoms with van der Waals surface area (Å²) < 4.78 is 5.39. The molecule has 0 saturated heterocycles. The van der Waals surface area contributed by atoms with Crippen LogP contribution in [0.25, 0.3) is 0 Å². The molecule has 0 saturated carbocycles. The molecule has 0 aromatic heterocycles. The second-order valence-electron chi connectivity index (χ2n) is 5.27. The molecule has 0 unspecified atom stereocenters. The molecule has 0 aliphatic carbocycles. The van der Waals surface area contributed by atoms with Crippen LogP contribution in [0.5, 0.6) is 0 Å². The van der Waals surface area contributed by atoms with Gasteiger partial charge in [-0.1, -0.05) is 0 Å². The van der Waals surface area contributed by atoms with E-state index >= 15 is 0 Å². The van der Waals surface area contributed by atoms with Gasteiger partial charge >= 0.3 is 0 Å². The van der Waals surface area contributed by atoms with Gasteiger partial charge in [0.2, 0.25) is 0 Å². The summed E-state index contributed by atoms with van der Waals surface area (Å²) in [4.78, 5) is 2.02. The molecule has 0 amide bonds. The lowest BCUT2D eigenvalue weighted by atomic mass is 9.99. The number of nitriles is 1. The van der Waals surface area contributed by atoms with Crippen LogP contribution in [0.1, 0.15) is 0 Å². The van der Waals surface area contributed by atoms with E-state index < -0.39 is 0 Å². The predicted octanol–water partition coefficient (Wildman–Crippen LogP) is 1.58. The van der Waals surface area contributed by atoms with Crippen molar-refractivity contribution >= 4 is 17.1 Å². The van der Waals surface area contributed by atoms with Crippen LogP contribution in [0.15, 0.2) is 52.4 Å². The number of nitrogens with two attached hydrogens (primary N) is 1. The summed E-state index contributed by atoms with van der Waals surface area (Å²) in [7, 11) is 3.96. The Morgan fingerprint density at radius 2 is 2.05 bits per heavy atom. The third-order valence-electron chi connectivity index (χ3n) is 3.65. The standard InChI is InChI=1S/C16H17N5O/c1-20(2)11-3-5-12(6-4-11)21-16(18)14(9-17)13-7-8-22-10-15(13)19-21/h3-7H,8,10,18H2,1-2H3. The van der Waals surface area contributed by atoms with E-state index in [-0.39, 0.29) is 0 Å². The number of anilines is 2. The second-order valence-corrected chi connectivity index (χ2v) is 5.27. The van der Waals surface area contributed by atoms with Gasteiger partial charge in [0.1, 0.15) is 17.5 Å². The van der Waals surface area contributed by atoms with Gasteiger partial charge in [-0.15, -0.1) is 0 Å². The molecule has 0 atom stereocenters. The second kappa shape index (κ2) is 5.54. The SMILES string of the molecule is CN(C)c1ccc(N2N=C3COCC=C3C(C#N)=C2N)cc1. The third kappa shape index (κ3) is 2.32. The van der Waals surface area contributed by atoms with Gasteiger partial charge in [-0.25, -0.2) is 5.01 Å². The number of nitrogens with zero attached hydrogens (tertiary/aromatic N) is 4. The molecule has 0 bridgehead atoms. The first-order valence-electron chi connectivity index (χ1n) is 6.95. The van der Waals surface area contributed by atoms with Crippen LogP contribution in [0.2, 0.25) is 0 Å². The van der Waals surface area contributed by atoms with E-state index in [4.69, 9.17) is 10.5 Å². The van der Waals surface area contributed by atoms with Gasteiger partial charge in [0.25, 0.3) is 0 Å². The summed E-state index contributed by atoms with van der Waals surface area (Å²) >= 11 is 0. The molecule has 2 N–H and O–H groups in total. The fourth-order valence-electron chi connectivity index (χ4n) is 2.45. The summed E-state index contributed by atoms with van der Waals surface area (Å²) in [6.45, 7) is 0.862. The maximum Gasteiger partial charge on any atom is 0.144 e. The predicted molar refractivity (Wildman–Crippen MR) is 86.4 cm³/mol. The molecule has 2 heterocycles. The smallest absolute Gasteiger partial charge is 0.144 e.